The quantitative estimate of drug-likeness (QED) is 0.749. The minimum Gasteiger partial charge on any atom is -0.493 e. The molecule has 1 fully saturated rings. The summed E-state index contributed by atoms with van der Waals surface area (Å²) < 4.78 is 18.3. The van der Waals surface area contributed by atoms with Crippen LogP contribution in [-0.4, -0.2) is 6.61 Å². The van der Waals surface area contributed by atoms with Crippen molar-refractivity contribution in [2.45, 2.75) is 19.3 Å². The number of rotatable bonds is 4. The van der Waals surface area contributed by atoms with E-state index in [-0.39, 0.29) is 5.82 Å². The van der Waals surface area contributed by atoms with E-state index in [4.69, 9.17) is 10.5 Å². The lowest BCUT2D eigenvalue weighted by Gasteiger charge is -2.06. The monoisotopic (exact) mass is 195 g/mol. The third kappa shape index (κ3) is 2.62. The minimum atomic E-state index is -0.341. The van der Waals surface area contributed by atoms with Gasteiger partial charge in [-0.2, -0.15) is 0 Å². The van der Waals surface area contributed by atoms with Gasteiger partial charge in [0.2, 0.25) is 0 Å². The van der Waals surface area contributed by atoms with E-state index in [1.165, 1.54) is 25.0 Å². The van der Waals surface area contributed by atoms with Crippen LogP contribution in [-0.2, 0) is 0 Å². The van der Waals surface area contributed by atoms with E-state index in [9.17, 15) is 4.39 Å². The molecule has 3 heteroatoms. The Morgan fingerprint density at radius 1 is 1.36 bits per heavy atom. The lowest BCUT2D eigenvalue weighted by molar-refractivity contribution is 0.301. The maximum Gasteiger partial charge on any atom is 0.128 e. The van der Waals surface area contributed by atoms with Gasteiger partial charge < -0.3 is 10.5 Å². The van der Waals surface area contributed by atoms with E-state index in [1.807, 2.05) is 0 Å². The van der Waals surface area contributed by atoms with Gasteiger partial charge in [0.25, 0.3) is 0 Å². The first-order valence-corrected chi connectivity index (χ1v) is 4.93. The van der Waals surface area contributed by atoms with Crippen molar-refractivity contribution in [3.05, 3.63) is 24.0 Å². The third-order valence-corrected chi connectivity index (χ3v) is 2.39. The molecule has 1 aliphatic rings. The SMILES string of the molecule is Nc1cc(F)cc(OCCC2CC2)c1. The average Bonchev–Trinajstić information content (AvgIpc) is 2.86. The number of hydrogen-bond acceptors (Lipinski definition) is 2. The van der Waals surface area contributed by atoms with Crippen LogP contribution in [0.3, 0.4) is 0 Å². The summed E-state index contributed by atoms with van der Waals surface area (Å²) in [7, 11) is 0. The fraction of sp³-hybridized carbons (Fsp3) is 0.455. The molecule has 0 heterocycles. The van der Waals surface area contributed by atoms with Crippen molar-refractivity contribution in [1.29, 1.82) is 0 Å². The van der Waals surface area contributed by atoms with Crippen LogP contribution in [0.2, 0.25) is 0 Å². The highest BCUT2D eigenvalue weighted by Gasteiger charge is 2.20. The van der Waals surface area contributed by atoms with Crippen LogP contribution in [0.1, 0.15) is 19.3 Å². The summed E-state index contributed by atoms with van der Waals surface area (Å²) in [4.78, 5) is 0. The van der Waals surface area contributed by atoms with Gasteiger partial charge >= 0.3 is 0 Å². The van der Waals surface area contributed by atoms with Gasteiger partial charge in [0.1, 0.15) is 11.6 Å². The molecular weight excluding hydrogens is 181 g/mol. The van der Waals surface area contributed by atoms with E-state index in [0.717, 1.165) is 12.3 Å². The molecule has 1 saturated carbocycles. The summed E-state index contributed by atoms with van der Waals surface area (Å²) in [5.74, 6) is 1.02. The van der Waals surface area contributed by atoms with Crippen molar-refractivity contribution < 1.29 is 9.13 Å². The molecule has 0 saturated heterocycles. The minimum absolute atomic E-state index is 0.341. The third-order valence-electron chi connectivity index (χ3n) is 2.39. The van der Waals surface area contributed by atoms with Crippen molar-refractivity contribution in [2.75, 3.05) is 12.3 Å². The Hall–Kier alpha value is -1.25. The van der Waals surface area contributed by atoms with Crippen molar-refractivity contribution in [3.63, 3.8) is 0 Å². The van der Waals surface area contributed by atoms with Gasteiger partial charge in [0, 0.05) is 17.8 Å². The Balaban J connectivity index is 1.87. The molecule has 1 aromatic carbocycles. The molecule has 2 nitrogen and oxygen atoms in total. The van der Waals surface area contributed by atoms with Gasteiger partial charge in [-0.15, -0.1) is 0 Å². The number of benzene rings is 1. The number of halogens is 1. The lowest BCUT2D eigenvalue weighted by Crippen LogP contribution is -1.99. The fourth-order valence-corrected chi connectivity index (χ4v) is 1.42. The molecule has 14 heavy (non-hydrogen) atoms. The molecule has 0 amide bonds. The summed E-state index contributed by atoms with van der Waals surface area (Å²) in [6, 6.07) is 4.30. The number of ether oxygens (including phenoxy) is 1. The standard InChI is InChI=1S/C11H14FNO/c12-9-5-10(13)7-11(6-9)14-4-3-8-1-2-8/h5-8H,1-4,13H2. The molecule has 0 spiro atoms. The van der Waals surface area contributed by atoms with Crippen LogP contribution in [0.25, 0.3) is 0 Å². The molecule has 2 rings (SSSR count). The zero-order valence-corrected chi connectivity index (χ0v) is 8.00. The second-order valence-electron chi connectivity index (χ2n) is 3.80. The Morgan fingerprint density at radius 2 is 2.14 bits per heavy atom. The van der Waals surface area contributed by atoms with Crippen molar-refractivity contribution in [3.8, 4) is 5.75 Å². The Morgan fingerprint density at radius 3 is 2.79 bits per heavy atom. The first-order valence-electron chi connectivity index (χ1n) is 4.93. The van der Waals surface area contributed by atoms with Crippen LogP contribution in [0.15, 0.2) is 18.2 Å². The van der Waals surface area contributed by atoms with Crippen LogP contribution < -0.4 is 10.5 Å². The van der Waals surface area contributed by atoms with E-state index < -0.39 is 0 Å². The molecule has 2 N–H and O–H groups in total. The zero-order chi connectivity index (χ0) is 9.97. The summed E-state index contributed by atoms with van der Waals surface area (Å²) >= 11 is 0. The van der Waals surface area contributed by atoms with E-state index in [2.05, 4.69) is 0 Å². The van der Waals surface area contributed by atoms with Crippen LogP contribution in [0, 0.1) is 11.7 Å². The molecule has 0 radical (unpaired) electrons. The highest BCUT2D eigenvalue weighted by atomic mass is 19.1. The summed E-state index contributed by atoms with van der Waals surface area (Å²) in [5, 5.41) is 0. The number of anilines is 1. The van der Waals surface area contributed by atoms with Gasteiger partial charge in [-0.25, -0.2) is 4.39 Å². The predicted molar refractivity (Wildman–Crippen MR) is 53.6 cm³/mol. The molecule has 0 bridgehead atoms. The fourth-order valence-electron chi connectivity index (χ4n) is 1.42. The zero-order valence-electron chi connectivity index (χ0n) is 8.00. The topological polar surface area (TPSA) is 35.2 Å². The van der Waals surface area contributed by atoms with Gasteiger partial charge in [0.05, 0.1) is 6.61 Å². The second kappa shape index (κ2) is 3.86. The normalized spacial score (nSPS) is 15.5. The van der Waals surface area contributed by atoms with Gasteiger partial charge in [-0.05, 0) is 18.4 Å². The highest BCUT2D eigenvalue weighted by Crippen LogP contribution is 2.32. The molecule has 76 valence electrons. The Labute approximate surface area is 82.9 Å². The highest BCUT2D eigenvalue weighted by molar-refractivity contribution is 5.44. The van der Waals surface area contributed by atoms with Gasteiger partial charge in [0.15, 0.2) is 0 Å². The molecule has 1 aromatic rings. The maximum atomic E-state index is 12.9. The van der Waals surface area contributed by atoms with Gasteiger partial charge in [-0.3, -0.25) is 0 Å². The maximum absolute atomic E-state index is 12.9. The first kappa shape index (κ1) is 9.31. The summed E-state index contributed by atoms with van der Waals surface area (Å²) in [6.07, 6.45) is 3.69. The molecule has 0 aliphatic heterocycles. The molecule has 1 aliphatic carbocycles. The summed E-state index contributed by atoms with van der Waals surface area (Å²) in [6.45, 7) is 0.660. The Kier molecular flexibility index (Phi) is 2.57. The largest absolute Gasteiger partial charge is 0.493 e. The van der Waals surface area contributed by atoms with Crippen molar-refractivity contribution in [2.24, 2.45) is 5.92 Å². The van der Waals surface area contributed by atoms with Crippen LogP contribution in [0.4, 0.5) is 10.1 Å². The van der Waals surface area contributed by atoms with Crippen LogP contribution in [0.5, 0.6) is 5.75 Å². The van der Waals surface area contributed by atoms with Gasteiger partial charge in [-0.1, -0.05) is 12.8 Å². The smallest absolute Gasteiger partial charge is 0.128 e. The van der Waals surface area contributed by atoms with Crippen molar-refractivity contribution >= 4 is 5.69 Å². The van der Waals surface area contributed by atoms with Crippen LogP contribution >= 0.6 is 0 Å². The summed E-state index contributed by atoms with van der Waals surface area (Å²) in [5.41, 5.74) is 5.89. The van der Waals surface area contributed by atoms with E-state index >= 15 is 0 Å². The Bertz CT molecular complexity index is 303. The van der Waals surface area contributed by atoms with E-state index in [0.29, 0.717) is 18.0 Å². The first-order chi connectivity index (χ1) is 6.74. The number of nitrogen functional groups attached to an aromatic ring is 1. The number of hydrogen-bond donors (Lipinski definition) is 1. The predicted octanol–water partition coefficient (Wildman–Crippen LogP) is 2.59. The second-order valence-corrected chi connectivity index (χ2v) is 3.80. The number of nitrogens with two attached hydrogens (primary N) is 1. The molecule has 0 atom stereocenters. The van der Waals surface area contributed by atoms with E-state index in [1.54, 1.807) is 6.07 Å². The molecule has 0 unspecified atom stereocenters. The average molecular weight is 195 g/mol. The molecular formula is C11H14FNO. The van der Waals surface area contributed by atoms with Crippen molar-refractivity contribution in [1.82, 2.24) is 0 Å². The molecule has 0 aromatic heterocycles. The lowest BCUT2D eigenvalue weighted by atomic mass is 10.3.